The molecule has 3 aromatic rings. The van der Waals surface area contributed by atoms with Gasteiger partial charge < -0.3 is 14.5 Å². The highest BCUT2D eigenvalue weighted by molar-refractivity contribution is 6.13. The van der Waals surface area contributed by atoms with E-state index in [9.17, 15) is 0 Å². The third-order valence-electron chi connectivity index (χ3n) is 5.17. The van der Waals surface area contributed by atoms with Crippen LogP contribution in [-0.4, -0.2) is 19.2 Å². The molecule has 0 amide bonds. The minimum atomic E-state index is 0.835. The fourth-order valence-electron chi connectivity index (χ4n) is 3.87. The third-order valence-corrected chi connectivity index (χ3v) is 5.17. The molecule has 3 rings (SSSR count). The van der Waals surface area contributed by atoms with Gasteiger partial charge in [0.25, 0.3) is 0 Å². The molecular formula is C22H29NO2. The van der Waals surface area contributed by atoms with Gasteiger partial charge in [-0.05, 0) is 31.4 Å². The zero-order chi connectivity index (χ0) is 17.8. The molecule has 0 saturated heterocycles. The number of methoxy groups -OCH3 is 2. The van der Waals surface area contributed by atoms with Crippen LogP contribution >= 0.6 is 0 Å². The summed E-state index contributed by atoms with van der Waals surface area (Å²) in [7, 11) is 3.46. The quantitative estimate of drug-likeness (QED) is 0.499. The van der Waals surface area contributed by atoms with Crippen LogP contribution in [0.3, 0.4) is 0 Å². The Morgan fingerprint density at radius 1 is 0.920 bits per heavy atom. The molecule has 1 aromatic heterocycles. The molecule has 0 bridgehead atoms. The fraction of sp³-hybridized carbons (Fsp3) is 0.455. The molecule has 1 heterocycles. The maximum absolute atomic E-state index is 5.76. The van der Waals surface area contributed by atoms with E-state index in [0.29, 0.717) is 0 Å². The lowest BCUT2D eigenvalue weighted by Gasteiger charge is -2.17. The van der Waals surface area contributed by atoms with E-state index >= 15 is 0 Å². The van der Waals surface area contributed by atoms with E-state index in [1.54, 1.807) is 14.2 Å². The first-order valence-electron chi connectivity index (χ1n) is 9.36. The van der Waals surface area contributed by atoms with Crippen molar-refractivity contribution in [3.8, 4) is 11.5 Å². The van der Waals surface area contributed by atoms with E-state index in [0.717, 1.165) is 28.8 Å². The number of benzene rings is 2. The van der Waals surface area contributed by atoms with Crippen molar-refractivity contribution in [3.05, 3.63) is 35.4 Å². The van der Waals surface area contributed by atoms with Crippen LogP contribution in [0.1, 0.15) is 50.2 Å². The van der Waals surface area contributed by atoms with Gasteiger partial charge in [-0.2, -0.15) is 0 Å². The molecule has 0 unspecified atom stereocenters. The molecule has 0 fully saturated rings. The standard InChI is InChI=1S/C22H29NO2/c1-5-6-7-8-9-12-16-15(2)21(24-3)22(25-4)19-17-13-10-11-14-18(17)23-20(16)19/h10-11,13-14,23H,5-9,12H2,1-4H3. The van der Waals surface area contributed by atoms with Crippen LogP contribution in [0.25, 0.3) is 21.8 Å². The van der Waals surface area contributed by atoms with Gasteiger partial charge in [0.15, 0.2) is 11.5 Å². The van der Waals surface area contributed by atoms with Gasteiger partial charge >= 0.3 is 0 Å². The monoisotopic (exact) mass is 339 g/mol. The molecule has 0 saturated carbocycles. The third kappa shape index (κ3) is 3.20. The molecule has 0 radical (unpaired) electrons. The summed E-state index contributed by atoms with van der Waals surface area (Å²) in [6.07, 6.45) is 7.48. The fourth-order valence-corrected chi connectivity index (χ4v) is 3.87. The van der Waals surface area contributed by atoms with Gasteiger partial charge in [-0.1, -0.05) is 50.8 Å². The van der Waals surface area contributed by atoms with Crippen molar-refractivity contribution in [2.24, 2.45) is 0 Å². The Hall–Kier alpha value is -2.16. The average Bonchev–Trinajstić information content (AvgIpc) is 3.01. The number of aryl methyl sites for hydroxylation is 1. The molecule has 0 spiro atoms. The van der Waals surface area contributed by atoms with Gasteiger partial charge in [-0.15, -0.1) is 0 Å². The van der Waals surface area contributed by atoms with Gasteiger partial charge in [0.1, 0.15) is 0 Å². The Bertz CT molecular complexity index is 863. The Balaban J connectivity index is 2.13. The van der Waals surface area contributed by atoms with Crippen molar-refractivity contribution in [3.63, 3.8) is 0 Å². The first-order chi connectivity index (χ1) is 12.2. The minimum Gasteiger partial charge on any atom is -0.493 e. The van der Waals surface area contributed by atoms with Crippen LogP contribution in [0.15, 0.2) is 24.3 Å². The molecule has 3 heteroatoms. The van der Waals surface area contributed by atoms with E-state index in [-0.39, 0.29) is 0 Å². The zero-order valence-corrected chi connectivity index (χ0v) is 15.9. The maximum atomic E-state index is 5.76. The Kier molecular flexibility index (Phi) is 5.52. The number of hydrogen-bond acceptors (Lipinski definition) is 2. The topological polar surface area (TPSA) is 34.2 Å². The summed E-state index contributed by atoms with van der Waals surface area (Å²) in [5.41, 5.74) is 4.90. The molecule has 0 aliphatic rings. The number of H-pyrrole nitrogens is 1. The highest BCUT2D eigenvalue weighted by Crippen LogP contribution is 2.45. The number of hydrogen-bond donors (Lipinski definition) is 1. The number of rotatable bonds is 8. The smallest absolute Gasteiger partial charge is 0.171 e. The van der Waals surface area contributed by atoms with Crippen molar-refractivity contribution >= 4 is 21.8 Å². The van der Waals surface area contributed by atoms with E-state index < -0.39 is 0 Å². The molecule has 3 nitrogen and oxygen atoms in total. The lowest BCUT2D eigenvalue weighted by Crippen LogP contribution is -2.00. The number of unbranched alkanes of at least 4 members (excludes halogenated alkanes) is 4. The van der Waals surface area contributed by atoms with Crippen LogP contribution in [0.5, 0.6) is 11.5 Å². The van der Waals surface area contributed by atoms with E-state index in [1.807, 2.05) is 0 Å². The van der Waals surface area contributed by atoms with E-state index in [2.05, 4.69) is 43.1 Å². The molecule has 2 aromatic carbocycles. The number of aromatic amines is 1. The van der Waals surface area contributed by atoms with Crippen molar-refractivity contribution < 1.29 is 9.47 Å². The SMILES string of the molecule is CCCCCCCc1c(C)c(OC)c(OC)c2c1[nH]c1ccccc12. The molecule has 0 aliphatic heterocycles. The summed E-state index contributed by atoms with van der Waals surface area (Å²) in [6, 6.07) is 8.42. The highest BCUT2D eigenvalue weighted by Gasteiger charge is 2.21. The minimum absolute atomic E-state index is 0.835. The number of nitrogens with one attached hydrogen (secondary N) is 1. The summed E-state index contributed by atoms with van der Waals surface area (Å²) in [5.74, 6) is 1.70. The summed E-state index contributed by atoms with van der Waals surface area (Å²) >= 11 is 0. The summed E-state index contributed by atoms with van der Waals surface area (Å²) in [5, 5.41) is 2.34. The van der Waals surface area contributed by atoms with Gasteiger partial charge in [0.2, 0.25) is 0 Å². The van der Waals surface area contributed by atoms with Gasteiger partial charge in [0.05, 0.1) is 25.1 Å². The highest BCUT2D eigenvalue weighted by atomic mass is 16.5. The van der Waals surface area contributed by atoms with Crippen molar-refractivity contribution in [1.29, 1.82) is 0 Å². The van der Waals surface area contributed by atoms with Crippen molar-refractivity contribution in [2.45, 2.75) is 52.4 Å². The van der Waals surface area contributed by atoms with Crippen LogP contribution < -0.4 is 9.47 Å². The van der Waals surface area contributed by atoms with Gasteiger partial charge in [-0.3, -0.25) is 0 Å². The second-order valence-electron chi connectivity index (χ2n) is 6.75. The molecule has 25 heavy (non-hydrogen) atoms. The molecule has 0 aliphatic carbocycles. The first kappa shape index (κ1) is 17.7. The predicted molar refractivity (Wildman–Crippen MR) is 106 cm³/mol. The Labute approximate surface area is 150 Å². The first-order valence-corrected chi connectivity index (χ1v) is 9.36. The summed E-state index contributed by atoms with van der Waals surface area (Å²) in [6.45, 7) is 4.40. The molecular weight excluding hydrogens is 310 g/mol. The van der Waals surface area contributed by atoms with Crippen LogP contribution in [0.4, 0.5) is 0 Å². The normalized spacial score (nSPS) is 11.4. The molecule has 1 N–H and O–H groups in total. The average molecular weight is 339 g/mol. The van der Waals surface area contributed by atoms with Crippen LogP contribution in [0.2, 0.25) is 0 Å². The lowest BCUT2D eigenvalue weighted by molar-refractivity contribution is 0.356. The van der Waals surface area contributed by atoms with Crippen molar-refractivity contribution in [2.75, 3.05) is 14.2 Å². The van der Waals surface area contributed by atoms with Crippen LogP contribution in [-0.2, 0) is 6.42 Å². The molecule has 134 valence electrons. The number of aromatic nitrogens is 1. The predicted octanol–water partition coefficient (Wildman–Crippen LogP) is 6.16. The van der Waals surface area contributed by atoms with Gasteiger partial charge in [-0.25, -0.2) is 0 Å². The lowest BCUT2D eigenvalue weighted by atomic mass is 9.96. The zero-order valence-electron chi connectivity index (χ0n) is 15.9. The second-order valence-corrected chi connectivity index (χ2v) is 6.75. The Morgan fingerprint density at radius 2 is 1.64 bits per heavy atom. The Morgan fingerprint density at radius 3 is 2.36 bits per heavy atom. The van der Waals surface area contributed by atoms with Crippen molar-refractivity contribution in [1.82, 2.24) is 4.98 Å². The number of para-hydroxylation sites is 1. The van der Waals surface area contributed by atoms with Gasteiger partial charge in [0, 0.05) is 16.5 Å². The van der Waals surface area contributed by atoms with E-state index in [4.69, 9.17) is 9.47 Å². The number of ether oxygens (including phenoxy) is 2. The molecule has 0 atom stereocenters. The van der Waals surface area contributed by atoms with E-state index in [1.165, 1.54) is 54.1 Å². The summed E-state index contributed by atoms with van der Waals surface area (Å²) < 4.78 is 11.5. The maximum Gasteiger partial charge on any atom is 0.171 e. The number of fused-ring (bicyclic) bond motifs is 3. The largest absolute Gasteiger partial charge is 0.493 e. The van der Waals surface area contributed by atoms with Crippen LogP contribution in [0, 0.1) is 6.92 Å². The second kappa shape index (κ2) is 7.81. The summed E-state index contributed by atoms with van der Waals surface area (Å²) in [4.78, 5) is 3.63.